The first kappa shape index (κ1) is 17.7. The van der Waals surface area contributed by atoms with Crippen molar-refractivity contribution in [2.24, 2.45) is 11.3 Å². The van der Waals surface area contributed by atoms with Crippen LogP contribution in [0, 0.1) is 25.2 Å². The number of benzene rings is 1. The van der Waals surface area contributed by atoms with E-state index in [1.165, 1.54) is 0 Å². The van der Waals surface area contributed by atoms with Crippen molar-refractivity contribution >= 4 is 11.9 Å². The van der Waals surface area contributed by atoms with Gasteiger partial charge in [0.25, 0.3) is 0 Å². The van der Waals surface area contributed by atoms with Gasteiger partial charge in [0, 0.05) is 25.6 Å². The topological polar surface area (TPSA) is 76.1 Å². The lowest BCUT2D eigenvalue weighted by molar-refractivity contribution is -0.157. The van der Waals surface area contributed by atoms with Crippen molar-refractivity contribution in [3.63, 3.8) is 0 Å². The van der Waals surface area contributed by atoms with E-state index in [-0.39, 0.29) is 24.8 Å². The third-order valence-electron chi connectivity index (χ3n) is 5.40. The predicted octanol–water partition coefficient (Wildman–Crippen LogP) is 2.02. The molecule has 2 saturated heterocycles. The Morgan fingerprint density at radius 3 is 2.92 bits per heavy atom. The van der Waals surface area contributed by atoms with Gasteiger partial charge in [0.15, 0.2) is 0 Å². The van der Waals surface area contributed by atoms with Crippen LogP contribution in [0.15, 0.2) is 18.2 Å². The molecule has 0 spiro atoms. The molecule has 0 radical (unpaired) electrons. The molecule has 0 aromatic heterocycles. The van der Waals surface area contributed by atoms with Crippen LogP contribution in [0.2, 0.25) is 0 Å². The zero-order valence-corrected chi connectivity index (χ0v) is 14.8. The van der Waals surface area contributed by atoms with Crippen molar-refractivity contribution in [1.29, 1.82) is 0 Å². The van der Waals surface area contributed by atoms with Gasteiger partial charge in [0.1, 0.15) is 5.75 Å². The fourth-order valence-corrected chi connectivity index (χ4v) is 3.76. The van der Waals surface area contributed by atoms with E-state index < -0.39 is 11.4 Å². The lowest BCUT2D eigenvalue weighted by Crippen LogP contribution is -2.45. The Labute approximate surface area is 147 Å². The van der Waals surface area contributed by atoms with E-state index in [1.807, 2.05) is 32.0 Å². The summed E-state index contributed by atoms with van der Waals surface area (Å²) < 4.78 is 11.2. The van der Waals surface area contributed by atoms with Gasteiger partial charge in [-0.05, 0) is 37.5 Å². The largest absolute Gasteiger partial charge is 0.493 e. The number of carboxylic acid groups (broad SMARTS) is 1. The molecule has 2 aliphatic heterocycles. The van der Waals surface area contributed by atoms with E-state index in [0.717, 1.165) is 16.9 Å². The number of hydrogen-bond acceptors (Lipinski definition) is 4. The number of fused-ring (bicyclic) bond motifs is 1. The summed E-state index contributed by atoms with van der Waals surface area (Å²) in [5.41, 5.74) is 1.30. The first-order valence-corrected chi connectivity index (χ1v) is 8.71. The lowest BCUT2D eigenvalue weighted by atomic mass is 9.74. The molecule has 1 aromatic rings. The summed E-state index contributed by atoms with van der Waals surface area (Å²) in [5.74, 6) is -0.205. The molecule has 2 aliphatic rings. The quantitative estimate of drug-likeness (QED) is 0.882. The highest BCUT2D eigenvalue weighted by atomic mass is 16.5. The van der Waals surface area contributed by atoms with Crippen LogP contribution in [0.3, 0.4) is 0 Å². The maximum Gasteiger partial charge on any atom is 0.311 e. The molecular formula is C19H25NO5. The zero-order chi connectivity index (χ0) is 18.0. The molecule has 1 amide bonds. The molecular weight excluding hydrogens is 322 g/mol. The average Bonchev–Trinajstić information content (AvgIpc) is 2.99. The van der Waals surface area contributed by atoms with E-state index >= 15 is 0 Å². The van der Waals surface area contributed by atoms with Crippen LogP contribution >= 0.6 is 0 Å². The standard InChI is InChI=1S/C19H25NO5/c1-13-3-4-14(2)16(9-13)25-7-5-17(21)20-10-15-11-24-8-6-19(15,12-20)18(22)23/h3-4,9,15H,5-8,10-12H2,1-2H3,(H,22,23)/t15-,19+/m0/s1. The van der Waals surface area contributed by atoms with Gasteiger partial charge in [-0.2, -0.15) is 0 Å². The number of likely N-dealkylation sites (tertiary alicyclic amines) is 1. The van der Waals surface area contributed by atoms with Crippen LogP contribution in [0.25, 0.3) is 0 Å². The Morgan fingerprint density at radius 1 is 1.40 bits per heavy atom. The summed E-state index contributed by atoms with van der Waals surface area (Å²) in [4.78, 5) is 26.0. The van der Waals surface area contributed by atoms with Gasteiger partial charge in [0.2, 0.25) is 5.91 Å². The average molecular weight is 347 g/mol. The lowest BCUT2D eigenvalue weighted by Gasteiger charge is -2.33. The molecule has 0 bridgehead atoms. The first-order valence-electron chi connectivity index (χ1n) is 8.71. The summed E-state index contributed by atoms with van der Waals surface area (Å²) in [6, 6.07) is 5.97. The summed E-state index contributed by atoms with van der Waals surface area (Å²) in [6.07, 6.45) is 0.715. The number of hydrogen-bond donors (Lipinski definition) is 1. The minimum absolute atomic E-state index is 0.0552. The summed E-state index contributed by atoms with van der Waals surface area (Å²) >= 11 is 0. The molecule has 1 aromatic carbocycles. The minimum Gasteiger partial charge on any atom is -0.493 e. The number of amides is 1. The van der Waals surface area contributed by atoms with Crippen LogP contribution < -0.4 is 4.74 Å². The minimum atomic E-state index is -0.845. The second-order valence-electron chi connectivity index (χ2n) is 7.12. The van der Waals surface area contributed by atoms with Gasteiger partial charge in [-0.1, -0.05) is 12.1 Å². The van der Waals surface area contributed by atoms with Crippen LogP contribution in [-0.4, -0.2) is 54.8 Å². The maximum absolute atomic E-state index is 12.5. The fraction of sp³-hybridized carbons (Fsp3) is 0.579. The highest BCUT2D eigenvalue weighted by molar-refractivity contribution is 5.81. The molecule has 2 heterocycles. The second-order valence-corrected chi connectivity index (χ2v) is 7.12. The summed E-state index contributed by atoms with van der Waals surface area (Å²) in [7, 11) is 0. The molecule has 6 nitrogen and oxygen atoms in total. The molecule has 2 atom stereocenters. The second kappa shape index (κ2) is 7.04. The SMILES string of the molecule is Cc1ccc(C)c(OCCC(=O)N2C[C@H]3COCC[C@@]3(C(=O)O)C2)c1. The van der Waals surface area contributed by atoms with Gasteiger partial charge in [0.05, 0.1) is 25.0 Å². The maximum atomic E-state index is 12.5. The number of carbonyl (C=O) groups excluding carboxylic acids is 1. The highest BCUT2D eigenvalue weighted by Gasteiger charge is 2.54. The molecule has 25 heavy (non-hydrogen) atoms. The van der Waals surface area contributed by atoms with Gasteiger partial charge in [-0.25, -0.2) is 0 Å². The number of carboxylic acids is 1. The Bertz CT molecular complexity index is 674. The molecule has 136 valence electrons. The van der Waals surface area contributed by atoms with Crippen LogP contribution in [0.4, 0.5) is 0 Å². The zero-order valence-electron chi connectivity index (χ0n) is 14.8. The van der Waals surface area contributed by atoms with Crippen molar-refractivity contribution in [2.45, 2.75) is 26.7 Å². The number of carbonyl (C=O) groups is 2. The van der Waals surface area contributed by atoms with Gasteiger partial charge in [-0.3, -0.25) is 9.59 Å². The van der Waals surface area contributed by atoms with Crippen LogP contribution in [0.1, 0.15) is 24.0 Å². The monoisotopic (exact) mass is 347 g/mol. The summed E-state index contributed by atoms with van der Waals surface area (Å²) in [6.45, 7) is 5.85. The van der Waals surface area contributed by atoms with E-state index in [1.54, 1.807) is 4.90 Å². The number of rotatable bonds is 5. The highest BCUT2D eigenvalue weighted by Crippen LogP contribution is 2.42. The molecule has 0 aliphatic carbocycles. The third-order valence-corrected chi connectivity index (χ3v) is 5.40. The molecule has 0 unspecified atom stereocenters. The van der Waals surface area contributed by atoms with Crippen molar-refractivity contribution < 1.29 is 24.2 Å². The Morgan fingerprint density at radius 2 is 2.20 bits per heavy atom. The van der Waals surface area contributed by atoms with Gasteiger partial charge < -0.3 is 19.5 Å². The number of aryl methyl sites for hydroxylation is 2. The third kappa shape index (κ3) is 3.49. The smallest absolute Gasteiger partial charge is 0.311 e. The molecule has 1 N–H and O–H groups in total. The number of ether oxygens (including phenoxy) is 2. The van der Waals surface area contributed by atoms with E-state index in [0.29, 0.717) is 32.8 Å². The van der Waals surface area contributed by atoms with Crippen molar-refractivity contribution in [3.8, 4) is 5.75 Å². The Hall–Kier alpha value is -2.08. The molecule has 0 saturated carbocycles. The first-order chi connectivity index (χ1) is 11.9. The Kier molecular flexibility index (Phi) is 4.99. The normalized spacial score (nSPS) is 25.5. The molecule has 3 rings (SSSR count). The molecule has 6 heteroatoms. The van der Waals surface area contributed by atoms with Crippen LogP contribution in [-0.2, 0) is 14.3 Å². The van der Waals surface area contributed by atoms with Gasteiger partial charge >= 0.3 is 5.97 Å². The predicted molar refractivity (Wildman–Crippen MR) is 91.6 cm³/mol. The van der Waals surface area contributed by atoms with Gasteiger partial charge in [-0.15, -0.1) is 0 Å². The summed E-state index contributed by atoms with van der Waals surface area (Å²) in [5, 5.41) is 9.66. The Balaban J connectivity index is 1.57. The van der Waals surface area contributed by atoms with E-state index in [9.17, 15) is 14.7 Å². The van der Waals surface area contributed by atoms with Crippen LogP contribution in [0.5, 0.6) is 5.75 Å². The van der Waals surface area contributed by atoms with E-state index in [4.69, 9.17) is 9.47 Å². The van der Waals surface area contributed by atoms with E-state index in [2.05, 4.69) is 0 Å². The van der Waals surface area contributed by atoms with Crippen molar-refractivity contribution in [1.82, 2.24) is 4.90 Å². The van der Waals surface area contributed by atoms with Crippen molar-refractivity contribution in [3.05, 3.63) is 29.3 Å². The fourth-order valence-electron chi connectivity index (χ4n) is 3.76. The number of nitrogens with zero attached hydrogens (tertiary/aromatic N) is 1. The number of aliphatic carboxylic acids is 1. The molecule has 2 fully saturated rings. The van der Waals surface area contributed by atoms with Crippen molar-refractivity contribution in [2.75, 3.05) is 32.9 Å².